The molecule has 0 spiro atoms. The van der Waals surface area contributed by atoms with Crippen LogP contribution in [0.3, 0.4) is 0 Å². The largest absolute Gasteiger partial charge is 0.486 e. The minimum atomic E-state index is -0.0576. The standard InChI is InChI=1S/C25H31N3O3/c1-20(22-9-10-23-24(18-22)31-17-16-30-23)26-25(29)19-28-14-12-27(13-15-28)11-5-8-21-6-3-2-4-7-21/h2-10,18,20H,11-17,19H2,1H3,(H,26,29)/p+2/b8-5+/t20-/m1/s1. The third kappa shape index (κ3) is 6.09. The van der Waals surface area contributed by atoms with Crippen molar-refractivity contribution in [1.82, 2.24) is 5.32 Å². The number of carbonyl (C=O) groups excluding carboxylic acids is 1. The molecule has 2 aromatic rings. The Hall–Kier alpha value is -2.83. The molecule has 2 aromatic carbocycles. The lowest BCUT2D eigenvalue weighted by Crippen LogP contribution is -3.28. The lowest BCUT2D eigenvalue weighted by molar-refractivity contribution is -1.01. The number of benzene rings is 2. The van der Waals surface area contributed by atoms with Gasteiger partial charge in [-0.15, -0.1) is 0 Å². The second kappa shape index (κ2) is 10.5. The molecule has 164 valence electrons. The molecule has 4 rings (SSSR count). The van der Waals surface area contributed by atoms with Crippen molar-refractivity contribution in [2.24, 2.45) is 0 Å². The molecule has 0 saturated carbocycles. The Labute approximate surface area is 184 Å². The highest BCUT2D eigenvalue weighted by Gasteiger charge is 2.25. The molecule has 1 atom stereocenters. The average Bonchev–Trinajstić information content (AvgIpc) is 2.80. The number of hydrogen-bond acceptors (Lipinski definition) is 3. The van der Waals surface area contributed by atoms with Crippen LogP contribution in [-0.2, 0) is 4.79 Å². The predicted molar refractivity (Wildman–Crippen MR) is 121 cm³/mol. The predicted octanol–water partition coefficient (Wildman–Crippen LogP) is 0.132. The van der Waals surface area contributed by atoms with Crippen LogP contribution in [-0.4, -0.2) is 58.4 Å². The van der Waals surface area contributed by atoms with Crippen LogP contribution in [0.5, 0.6) is 11.5 Å². The fourth-order valence-electron chi connectivity index (χ4n) is 4.20. The van der Waals surface area contributed by atoms with Crippen LogP contribution in [0.4, 0.5) is 0 Å². The number of quaternary nitrogens is 2. The van der Waals surface area contributed by atoms with Gasteiger partial charge in [-0.3, -0.25) is 4.79 Å². The molecule has 6 nitrogen and oxygen atoms in total. The van der Waals surface area contributed by atoms with Gasteiger partial charge >= 0.3 is 0 Å². The summed E-state index contributed by atoms with van der Waals surface area (Å²) >= 11 is 0. The molecule has 0 aliphatic carbocycles. The van der Waals surface area contributed by atoms with Crippen molar-refractivity contribution in [2.75, 3.05) is 52.5 Å². The molecule has 0 aromatic heterocycles. The van der Waals surface area contributed by atoms with E-state index in [4.69, 9.17) is 9.47 Å². The molecular weight excluding hydrogens is 390 g/mol. The van der Waals surface area contributed by atoms with Crippen molar-refractivity contribution < 1.29 is 24.1 Å². The monoisotopic (exact) mass is 423 g/mol. The zero-order chi connectivity index (χ0) is 21.5. The van der Waals surface area contributed by atoms with Crippen molar-refractivity contribution in [2.45, 2.75) is 13.0 Å². The first-order valence-corrected chi connectivity index (χ1v) is 11.2. The molecule has 0 radical (unpaired) electrons. The second-order valence-corrected chi connectivity index (χ2v) is 8.39. The first-order chi connectivity index (χ1) is 15.2. The van der Waals surface area contributed by atoms with Gasteiger partial charge in [0.25, 0.3) is 5.91 Å². The molecule has 2 aliphatic rings. The quantitative estimate of drug-likeness (QED) is 0.594. The highest BCUT2D eigenvalue weighted by Crippen LogP contribution is 2.32. The van der Waals surface area contributed by atoms with Gasteiger partial charge in [0.05, 0.1) is 12.6 Å². The lowest BCUT2D eigenvalue weighted by Gasteiger charge is -2.29. The summed E-state index contributed by atoms with van der Waals surface area (Å²) in [7, 11) is 0. The van der Waals surface area contributed by atoms with Crippen LogP contribution in [0.15, 0.2) is 54.6 Å². The zero-order valence-corrected chi connectivity index (χ0v) is 18.2. The number of ether oxygens (including phenoxy) is 2. The molecule has 0 unspecified atom stereocenters. The average molecular weight is 424 g/mol. The van der Waals surface area contributed by atoms with Crippen LogP contribution in [0.1, 0.15) is 24.1 Å². The molecule has 1 amide bonds. The summed E-state index contributed by atoms with van der Waals surface area (Å²) in [5.41, 5.74) is 2.28. The molecule has 0 bridgehead atoms. The number of amides is 1. The van der Waals surface area contributed by atoms with Gasteiger partial charge in [0.2, 0.25) is 0 Å². The van der Waals surface area contributed by atoms with E-state index in [-0.39, 0.29) is 11.9 Å². The molecule has 6 heteroatoms. The van der Waals surface area contributed by atoms with E-state index in [1.165, 1.54) is 10.5 Å². The number of nitrogens with one attached hydrogen (secondary N) is 3. The van der Waals surface area contributed by atoms with Gasteiger partial charge < -0.3 is 24.6 Å². The molecule has 31 heavy (non-hydrogen) atoms. The Balaban J connectivity index is 1.19. The van der Waals surface area contributed by atoms with Crippen molar-refractivity contribution in [3.05, 3.63) is 65.7 Å². The molecule has 2 aliphatic heterocycles. The van der Waals surface area contributed by atoms with E-state index >= 15 is 0 Å². The van der Waals surface area contributed by atoms with E-state index < -0.39 is 0 Å². The summed E-state index contributed by atoms with van der Waals surface area (Å²) < 4.78 is 11.2. The fourth-order valence-corrected chi connectivity index (χ4v) is 4.20. The number of hydrogen-bond donors (Lipinski definition) is 3. The minimum absolute atomic E-state index is 0.0576. The number of piperazine rings is 1. The Morgan fingerprint density at radius 3 is 2.48 bits per heavy atom. The van der Waals surface area contributed by atoms with Gasteiger partial charge in [0.15, 0.2) is 18.0 Å². The van der Waals surface area contributed by atoms with E-state index in [2.05, 4.69) is 41.7 Å². The molecule has 3 N–H and O–H groups in total. The van der Waals surface area contributed by atoms with Crippen molar-refractivity contribution in [1.29, 1.82) is 0 Å². The Kier molecular flexibility index (Phi) is 7.22. The number of fused-ring (bicyclic) bond motifs is 1. The summed E-state index contributed by atoms with van der Waals surface area (Å²) in [5, 5.41) is 3.14. The van der Waals surface area contributed by atoms with E-state index in [9.17, 15) is 4.79 Å². The minimum Gasteiger partial charge on any atom is -0.486 e. The lowest BCUT2D eigenvalue weighted by atomic mass is 10.1. The molecule has 1 fully saturated rings. The summed E-state index contributed by atoms with van der Waals surface area (Å²) in [6.45, 7) is 8.98. The molecule has 2 heterocycles. The molecular formula is C25H33N3O3+2. The normalized spacial score (nSPS) is 21.6. The summed E-state index contributed by atoms with van der Waals surface area (Å²) in [6, 6.07) is 16.2. The van der Waals surface area contributed by atoms with Crippen LogP contribution in [0.25, 0.3) is 6.08 Å². The fraction of sp³-hybridized carbons (Fsp3) is 0.400. The van der Waals surface area contributed by atoms with Crippen LogP contribution in [0.2, 0.25) is 0 Å². The summed E-state index contributed by atoms with van der Waals surface area (Å²) in [4.78, 5) is 15.5. The highest BCUT2D eigenvalue weighted by atomic mass is 16.6. The zero-order valence-electron chi connectivity index (χ0n) is 18.2. The number of rotatable bonds is 7. The van der Waals surface area contributed by atoms with E-state index in [1.54, 1.807) is 4.90 Å². The van der Waals surface area contributed by atoms with Crippen molar-refractivity contribution >= 4 is 12.0 Å². The van der Waals surface area contributed by atoms with Crippen LogP contribution >= 0.6 is 0 Å². The summed E-state index contributed by atoms with van der Waals surface area (Å²) in [5.74, 6) is 1.64. The topological polar surface area (TPSA) is 56.4 Å². The van der Waals surface area contributed by atoms with Gasteiger partial charge in [-0.25, -0.2) is 0 Å². The third-order valence-corrected chi connectivity index (χ3v) is 6.03. The second-order valence-electron chi connectivity index (χ2n) is 8.39. The van der Waals surface area contributed by atoms with Crippen LogP contribution in [0, 0.1) is 0 Å². The van der Waals surface area contributed by atoms with Crippen molar-refractivity contribution in [3.63, 3.8) is 0 Å². The van der Waals surface area contributed by atoms with Crippen LogP contribution < -0.4 is 24.6 Å². The third-order valence-electron chi connectivity index (χ3n) is 6.03. The van der Waals surface area contributed by atoms with Gasteiger partial charge in [0.1, 0.15) is 39.4 Å². The first-order valence-electron chi connectivity index (χ1n) is 11.2. The molecule has 1 saturated heterocycles. The van der Waals surface area contributed by atoms with E-state index in [1.807, 2.05) is 31.2 Å². The maximum atomic E-state index is 12.6. The number of carbonyl (C=O) groups is 1. The SMILES string of the molecule is C[C@@H](NC(=O)C[NH+]1CC[NH+](C/C=C/c2ccccc2)CC1)c1ccc2c(c1)OCCO2. The maximum absolute atomic E-state index is 12.6. The van der Waals surface area contributed by atoms with Gasteiger partial charge in [-0.2, -0.15) is 0 Å². The van der Waals surface area contributed by atoms with Gasteiger partial charge in [-0.1, -0.05) is 42.5 Å². The first kappa shape index (κ1) is 21.4. The van der Waals surface area contributed by atoms with E-state index in [0.29, 0.717) is 19.8 Å². The Morgan fingerprint density at radius 2 is 1.71 bits per heavy atom. The van der Waals surface area contributed by atoms with E-state index in [0.717, 1.165) is 49.8 Å². The summed E-state index contributed by atoms with van der Waals surface area (Å²) in [6.07, 6.45) is 4.45. The Morgan fingerprint density at radius 1 is 1.00 bits per heavy atom. The highest BCUT2D eigenvalue weighted by molar-refractivity contribution is 5.77. The van der Waals surface area contributed by atoms with Gasteiger partial charge in [0, 0.05) is 0 Å². The Bertz CT molecular complexity index is 892. The van der Waals surface area contributed by atoms with Gasteiger partial charge in [-0.05, 0) is 36.3 Å². The smallest absolute Gasteiger partial charge is 0.275 e. The van der Waals surface area contributed by atoms with Crippen molar-refractivity contribution in [3.8, 4) is 11.5 Å². The maximum Gasteiger partial charge on any atom is 0.275 e.